The summed E-state index contributed by atoms with van der Waals surface area (Å²) in [5, 5.41) is 5.27. The molecule has 0 saturated heterocycles. The number of urea groups is 1. The number of hydrogen-bond acceptors (Lipinski definition) is 4. The molecule has 2 heterocycles. The molecule has 2 N–H and O–H groups in total. The maximum Gasteiger partial charge on any atom is 0.321 e. The van der Waals surface area contributed by atoms with Crippen LogP contribution in [0.1, 0.15) is 0 Å². The van der Waals surface area contributed by atoms with E-state index in [9.17, 15) is 4.79 Å². The number of anilines is 1. The second-order valence-electron chi connectivity index (χ2n) is 4.31. The molecule has 6 nitrogen and oxygen atoms in total. The third-order valence-corrected chi connectivity index (χ3v) is 2.82. The van der Waals surface area contributed by atoms with Crippen molar-refractivity contribution < 1.29 is 18.7 Å². The Morgan fingerprint density at radius 2 is 2.05 bits per heavy atom. The topological polar surface area (TPSA) is 72.7 Å². The fourth-order valence-corrected chi connectivity index (χ4v) is 1.88. The van der Waals surface area contributed by atoms with Gasteiger partial charge in [0.25, 0.3) is 0 Å². The molecule has 104 valence electrons. The second kappa shape index (κ2) is 5.56. The number of ether oxygens (including phenoxy) is 2. The van der Waals surface area contributed by atoms with Gasteiger partial charge in [0.2, 0.25) is 5.88 Å². The maximum atomic E-state index is 11.6. The Kier molecular flexibility index (Phi) is 3.45. The highest BCUT2D eigenvalue weighted by Crippen LogP contribution is 2.30. The van der Waals surface area contributed by atoms with Gasteiger partial charge in [0.15, 0.2) is 17.6 Å². The van der Waals surface area contributed by atoms with Crippen LogP contribution in [-0.2, 0) is 0 Å². The Morgan fingerprint density at radius 3 is 2.85 bits per heavy atom. The van der Waals surface area contributed by atoms with Crippen LogP contribution in [0.15, 0.2) is 47.1 Å². The molecular formula is C14H14N2O4. The lowest BCUT2D eigenvalue weighted by atomic mass is 10.2. The number of amides is 2. The van der Waals surface area contributed by atoms with E-state index in [0.717, 1.165) is 5.75 Å². The van der Waals surface area contributed by atoms with Gasteiger partial charge < -0.3 is 19.2 Å². The van der Waals surface area contributed by atoms with Crippen LogP contribution >= 0.6 is 0 Å². The lowest BCUT2D eigenvalue weighted by molar-refractivity contribution is 0.0922. The molecule has 0 radical (unpaired) electrons. The Balaban J connectivity index is 1.49. The quantitative estimate of drug-likeness (QED) is 0.900. The molecule has 2 amide bonds. The fraction of sp³-hybridized carbons (Fsp3) is 0.214. The molecule has 0 saturated carbocycles. The highest BCUT2D eigenvalue weighted by Gasteiger charge is 2.21. The van der Waals surface area contributed by atoms with E-state index in [-0.39, 0.29) is 12.1 Å². The summed E-state index contributed by atoms with van der Waals surface area (Å²) in [5.41, 5.74) is 0. The molecule has 1 aliphatic rings. The second-order valence-corrected chi connectivity index (χ2v) is 4.31. The minimum Gasteiger partial charge on any atom is -0.486 e. The Labute approximate surface area is 115 Å². The molecule has 6 heteroatoms. The molecule has 20 heavy (non-hydrogen) atoms. The highest BCUT2D eigenvalue weighted by molar-refractivity contribution is 5.87. The van der Waals surface area contributed by atoms with Gasteiger partial charge in [0, 0.05) is 6.07 Å². The normalized spacial score (nSPS) is 16.5. The van der Waals surface area contributed by atoms with Crippen molar-refractivity contribution in [3.05, 3.63) is 42.7 Å². The monoisotopic (exact) mass is 274 g/mol. The first kappa shape index (κ1) is 12.4. The fourth-order valence-electron chi connectivity index (χ4n) is 1.88. The molecule has 1 aliphatic heterocycles. The van der Waals surface area contributed by atoms with Crippen molar-refractivity contribution in [1.82, 2.24) is 5.32 Å². The van der Waals surface area contributed by atoms with Crippen LogP contribution in [0.25, 0.3) is 0 Å². The SMILES string of the molecule is O=C(NCC1COc2ccccc2O1)Nc1ccco1. The number of fused-ring (bicyclic) bond motifs is 1. The molecule has 0 aliphatic carbocycles. The van der Waals surface area contributed by atoms with Crippen molar-refractivity contribution >= 4 is 11.9 Å². The third kappa shape index (κ3) is 2.85. The standard InChI is InChI=1S/C14H14N2O4/c17-14(16-13-6-3-7-18-13)15-8-10-9-19-11-4-1-2-5-12(11)20-10/h1-7,10H,8-9H2,(H2,15,16,17). The Hall–Kier alpha value is -2.63. The van der Waals surface area contributed by atoms with Gasteiger partial charge in [-0.05, 0) is 18.2 Å². The van der Waals surface area contributed by atoms with Crippen LogP contribution in [0.4, 0.5) is 10.7 Å². The molecule has 0 bridgehead atoms. The summed E-state index contributed by atoms with van der Waals surface area (Å²) in [6.07, 6.45) is 1.28. The first-order valence-electron chi connectivity index (χ1n) is 6.28. The lowest BCUT2D eigenvalue weighted by Gasteiger charge is -2.26. The number of nitrogens with one attached hydrogen (secondary N) is 2. The average Bonchev–Trinajstić information content (AvgIpc) is 2.98. The number of furan rings is 1. The van der Waals surface area contributed by atoms with Crippen LogP contribution in [0.2, 0.25) is 0 Å². The van der Waals surface area contributed by atoms with E-state index in [0.29, 0.717) is 24.8 Å². The summed E-state index contributed by atoms with van der Waals surface area (Å²) in [6, 6.07) is 10.5. The zero-order valence-corrected chi connectivity index (χ0v) is 10.7. The van der Waals surface area contributed by atoms with Crippen molar-refractivity contribution in [3.63, 3.8) is 0 Å². The number of rotatable bonds is 3. The van der Waals surface area contributed by atoms with Gasteiger partial charge in [-0.1, -0.05) is 12.1 Å². The summed E-state index contributed by atoms with van der Waals surface area (Å²) >= 11 is 0. The first-order chi connectivity index (χ1) is 9.81. The zero-order valence-electron chi connectivity index (χ0n) is 10.7. The molecule has 0 spiro atoms. The highest BCUT2D eigenvalue weighted by atomic mass is 16.6. The summed E-state index contributed by atoms with van der Waals surface area (Å²) in [5.74, 6) is 1.81. The van der Waals surface area contributed by atoms with Crippen molar-refractivity contribution in [3.8, 4) is 11.5 Å². The zero-order chi connectivity index (χ0) is 13.8. The van der Waals surface area contributed by atoms with Crippen molar-refractivity contribution in [2.45, 2.75) is 6.10 Å². The van der Waals surface area contributed by atoms with Gasteiger partial charge in [-0.15, -0.1) is 0 Å². The molecule has 1 atom stereocenters. The van der Waals surface area contributed by atoms with Crippen LogP contribution in [0, 0.1) is 0 Å². The summed E-state index contributed by atoms with van der Waals surface area (Å²) in [4.78, 5) is 11.6. The smallest absolute Gasteiger partial charge is 0.321 e. The molecule has 2 aromatic rings. The van der Waals surface area contributed by atoms with E-state index < -0.39 is 0 Å². The molecule has 3 rings (SSSR count). The van der Waals surface area contributed by atoms with Crippen LogP contribution in [0.3, 0.4) is 0 Å². The van der Waals surface area contributed by atoms with E-state index in [1.54, 1.807) is 12.1 Å². The van der Waals surface area contributed by atoms with Crippen LogP contribution in [-0.4, -0.2) is 25.3 Å². The maximum absolute atomic E-state index is 11.6. The third-order valence-electron chi connectivity index (χ3n) is 2.82. The predicted octanol–water partition coefficient (Wildman–Crippen LogP) is 2.24. The van der Waals surface area contributed by atoms with Crippen molar-refractivity contribution in [2.75, 3.05) is 18.5 Å². The largest absolute Gasteiger partial charge is 0.486 e. The molecular weight excluding hydrogens is 260 g/mol. The van der Waals surface area contributed by atoms with Gasteiger partial charge in [0.05, 0.1) is 12.8 Å². The van der Waals surface area contributed by atoms with Gasteiger partial charge >= 0.3 is 6.03 Å². The van der Waals surface area contributed by atoms with Gasteiger partial charge in [-0.2, -0.15) is 0 Å². The van der Waals surface area contributed by atoms with Crippen LogP contribution in [0.5, 0.6) is 11.5 Å². The number of hydrogen-bond donors (Lipinski definition) is 2. The number of para-hydroxylation sites is 2. The van der Waals surface area contributed by atoms with E-state index in [4.69, 9.17) is 13.9 Å². The predicted molar refractivity (Wildman–Crippen MR) is 72.1 cm³/mol. The van der Waals surface area contributed by atoms with Gasteiger partial charge in [-0.25, -0.2) is 4.79 Å². The average molecular weight is 274 g/mol. The molecule has 1 aromatic carbocycles. The number of carbonyl (C=O) groups excluding carboxylic acids is 1. The minimum absolute atomic E-state index is 0.216. The van der Waals surface area contributed by atoms with Crippen molar-refractivity contribution in [1.29, 1.82) is 0 Å². The first-order valence-corrected chi connectivity index (χ1v) is 6.28. The van der Waals surface area contributed by atoms with E-state index >= 15 is 0 Å². The van der Waals surface area contributed by atoms with Crippen molar-refractivity contribution in [2.24, 2.45) is 0 Å². The summed E-state index contributed by atoms with van der Waals surface area (Å²) < 4.78 is 16.3. The van der Waals surface area contributed by atoms with Crippen LogP contribution < -0.4 is 20.1 Å². The van der Waals surface area contributed by atoms with E-state index in [2.05, 4.69) is 10.6 Å². The Morgan fingerprint density at radius 1 is 1.20 bits per heavy atom. The Bertz CT molecular complexity index is 583. The number of carbonyl (C=O) groups is 1. The van der Waals surface area contributed by atoms with E-state index in [1.807, 2.05) is 24.3 Å². The summed E-state index contributed by atoms with van der Waals surface area (Å²) in [7, 11) is 0. The summed E-state index contributed by atoms with van der Waals surface area (Å²) in [6.45, 7) is 0.749. The lowest BCUT2D eigenvalue weighted by Crippen LogP contribution is -2.42. The molecule has 1 aromatic heterocycles. The number of benzene rings is 1. The molecule has 1 unspecified atom stereocenters. The van der Waals surface area contributed by atoms with Gasteiger partial charge in [0.1, 0.15) is 6.61 Å². The van der Waals surface area contributed by atoms with E-state index in [1.165, 1.54) is 6.26 Å². The molecule has 0 fully saturated rings. The van der Waals surface area contributed by atoms with Gasteiger partial charge in [-0.3, -0.25) is 5.32 Å². The minimum atomic E-state index is -0.345.